The first kappa shape index (κ1) is 24.7. The zero-order valence-corrected chi connectivity index (χ0v) is 20.7. The number of likely N-dealkylation sites (tertiary alicyclic amines) is 1. The molecule has 1 aliphatic rings. The molecule has 0 aromatic heterocycles. The minimum absolute atomic E-state index is 0.0158. The topological polar surface area (TPSA) is 66.8 Å². The second kappa shape index (κ2) is 9.52. The Morgan fingerprint density at radius 1 is 1.09 bits per heavy atom. The lowest BCUT2D eigenvalue weighted by atomic mass is 9.84. The molecule has 0 spiro atoms. The fraction of sp³-hybridized carbons (Fsp3) is 0.429. The summed E-state index contributed by atoms with van der Waals surface area (Å²) in [7, 11) is 0. The number of aliphatic hydroxyl groups excluding tert-OH is 1. The van der Waals surface area contributed by atoms with Crippen LogP contribution in [0.2, 0.25) is 0 Å². The Morgan fingerprint density at radius 3 is 2.39 bits per heavy atom. The van der Waals surface area contributed by atoms with Gasteiger partial charge in [-0.25, -0.2) is 0 Å². The number of carbonyl (C=O) groups excluding carboxylic acids is 2. The van der Waals surface area contributed by atoms with E-state index in [2.05, 4.69) is 20.8 Å². The molecule has 0 bridgehead atoms. The number of amides is 1. The highest BCUT2D eigenvalue weighted by molar-refractivity contribution is 6.46. The Bertz CT molecular complexity index is 1090. The molecule has 1 amide bonds. The standard InChI is InChI=1S/C28H35NO4/c1-17(2)33-14-13-29-24(20-10-8-9-18(3)15-20)23(26(31)27(29)32)25(30)22-16-21(28(5,6)7)12-11-19(22)4/h8-12,15-17,24,30H,13-14H2,1-7H3/b25-23+. The highest BCUT2D eigenvalue weighted by Crippen LogP contribution is 2.40. The van der Waals surface area contributed by atoms with Gasteiger partial charge >= 0.3 is 0 Å². The van der Waals surface area contributed by atoms with E-state index < -0.39 is 17.7 Å². The van der Waals surface area contributed by atoms with Crippen molar-refractivity contribution in [2.45, 2.75) is 66.0 Å². The van der Waals surface area contributed by atoms with Gasteiger partial charge < -0.3 is 14.7 Å². The highest BCUT2D eigenvalue weighted by atomic mass is 16.5. The van der Waals surface area contributed by atoms with Crippen molar-refractivity contribution in [1.82, 2.24) is 4.90 Å². The van der Waals surface area contributed by atoms with E-state index in [1.54, 1.807) is 0 Å². The molecule has 0 aliphatic carbocycles. The molecule has 1 unspecified atom stereocenters. The summed E-state index contributed by atoms with van der Waals surface area (Å²) < 4.78 is 5.66. The van der Waals surface area contributed by atoms with E-state index in [0.29, 0.717) is 12.2 Å². The average molecular weight is 450 g/mol. The van der Waals surface area contributed by atoms with Gasteiger partial charge in [0.2, 0.25) is 0 Å². The maximum absolute atomic E-state index is 13.2. The van der Waals surface area contributed by atoms with Crippen LogP contribution in [0, 0.1) is 13.8 Å². The van der Waals surface area contributed by atoms with Gasteiger partial charge in [0.15, 0.2) is 0 Å². The number of Topliss-reactive ketones (excluding diaryl/α,β-unsaturated/α-hetero) is 1. The van der Waals surface area contributed by atoms with E-state index in [9.17, 15) is 14.7 Å². The van der Waals surface area contributed by atoms with E-state index in [1.807, 2.05) is 70.2 Å². The van der Waals surface area contributed by atoms with Crippen molar-refractivity contribution in [1.29, 1.82) is 0 Å². The number of nitrogens with zero attached hydrogens (tertiary/aromatic N) is 1. The lowest BCUT2D eigenvalue weighted by Crippen LogP contribution is -2.33. The summed E-state index contributed by atoms with van der Waals surface area (Å²) in [4.78, 5) is 27.8. The molecule has 1 saturated heterocycles. The number of ether oxygens (including phenoxy) is 1. The number of hydrogen-bond donors (Lipinski definition) is 1. The van der Waals surface area contributed by atoms with Gasteiger partial charge in [-0.05, 0) is 55.9 Å². The van der Waals surface area contributed by atoms with Gasteiger partial charge in [0.25, 0.3) is 11.7 Å². The van der Waals surface area contributed by atoms with Crippen LogP contribution in [0.5, 0.6) is 0 Å². The van der Waals surface area contributed by atoms with Crippen molar-refractivity contribution < 1.29 is 19.4 Å². The minimum Gasteiger partial charge on any atom is -0.507 e. The molecule has 1 fully saturated rings. The molecule has 2 aromatic carbocycles. The van der Waals surface area contributed by atoms with Crippen molar-refractivity contribution >= 4 is 17.4 Å². The summed E-state index contributed by atoms with van der Waals surface area (Å²) in [6.45, 7) is 14.6. The predicted molar refractivity (Wildman–Crippen MR) is 131 cm³/mol. The zero-order chi connectivity index (χ0) is 24.5. The molecule has 1 heterocycles. The lowest BCUT2D eigenvalue weighted by molar-refractivity contribution is -0.140. The first-order chi connectivity index (χ1) is 15.4. The summed E-state index contributed by atoms with van der Waals surface area (Å²) in [5.74, 6) is -1.40. The molecule has 0 radical (unpaired) electrons. The Kier molecular flexibility index (Phi) is 7.13. The van der Waals surface area contributed by atoms with Crippen LogP contribution in [-0.2, 0) is 19.7 Å². The Morgan fingerprint density at radius 2 is 1.79 bits per heavy atom. The molecule has 33 heavy (non-hydrogen) atoms. The maximum Gasteiger partial charge on any atom is 0.295 e. The number of aliphatic hydroxyl groups is 1. The van der Waals surface area contributed by atoms with Crippen LogP contribution >= 0.6 is 0 Å². The van der Waals surface area contributed by atoms with Gasteiger partial charge in [-0.1, -0.05) is 62.7 Å². The van der Waals surface area contributed by atoms with E-state index >= 15 is 0 Å². The Balaban J connectivity index is 2.18. The summed E-state index contributed by atoms with van der Waals surface area (Å²) in [5, 5.41) is 11.5. The number of rotatable bonds is 6. The van der Waals surface area contributed by atoms with Gasteiger partial charge in [-0.2, -0.15) is 0 Å². The molecule has 1 atom stereocenters. The number of aryl methyl sites for hydroxylation is 2. The van der Waals surface area contributed by atoms with Crippen LogP contribution in [-0.4, -0.2) is 41.0 Å². The van der Waals surface area contributed by atoms with Crippen LogP contribution in [0.4, 0.5) is 0 Å². The number of hydrogen-bond acceptors (Lipinski definition) is 4. The SMILES string of the molecule is Cc1cccc(C2/C(=C(\O)c3cc(C(C)(C)C)ccc3C)C(=O)C(=O)N2CCOC(C)C)c1. The smallest absolute Gasteiger partial charge is 0.295 e. The Labute approximate surface area is 197 Å². The average Bonchev–Trinajstić information content (AvgIpc) is 2.97. The van der Waals surface area contributed by atoms with Gasteiger partial charge in [0.05, 0.1) is 24.3 Å². The predicted octanol–water partition coefficient (Wildman–Crippen LogP) is 5.45. The molecule has 1 aliphatic heterocycles. The van der Waals surface area contributed by atoms with Crippen LogP contribution in [0.3, 0.4) is 0 Å². The van der Waals surface area contributed by atoms with Crippen molar-refractivity contribution in [2.24, 2.45) is 0 Å². The zero-order valence-electron chi connectivity index (χ0n) is 20.7. The molecule has 2 aromatic rings. The van der Waals surface area contributed by atoms with E-state index in [1.165, 1.54) is 4.90 Å². The van der Waals surface area contributed by atoms with Crippen LogP contribution in [0.1, 0.15) is 68.5 Å². The van der Waals surface area contributed by atoms with Gasteiger partial charge in [0, 0.05) is 12.1 Å². The molecule has 0 saturated carbocycles. The minimum atomic E-state index is -0.668. The number of ketones is 1. The second-order valence-electron chi connectivity index (χ2n) is 10.1. The van der Waals surface area contributed by atoms with Crippen LogP contribution < -0.4 is 0 Å². The van der Waals surface area contributed by atoms with Crippen LogP contribution in [0.25, 0.3) is 5.76 Å². The van der Waals surface area contributed by atoms with Gasteiger partial charge in [-0.15, -0.1) is 0 Å². The van der Waals surface area contributed by atoms with E-state index in [4.69, 9.17) is 4.74 Å². The van der Waals surface area contributed by atoms with Crippen LogP contribution in [0.15, 0.2) is 48.0 Å². The molecular formula is C28H35NO4. The van der Waals surface area contributed by atoms with E-state index in [0.717, 1.165) is 22.3 Å². The van der Waals surface area contributed by atoms with Crippen molar-refractivity contribution in [3.63, 3.8) is 0 Å². The second-order valence-corrected chi connectivity index (χ2v) is 10.1. The molecule has 176 valence electrons. The molecule has 1 N–H and O–H groups in total. The molecular weight excluding hydrogens is 414 g/mol. The largest absolute Gasteiger partial charge is 0.507 e. The summed E-state index contributed by atoms with van der Waals surface area (Å²) in [6.07, 6.45) is 0.0158. The van der Waals surface area contributed by atoms with Crippen molar-refractivity contribution in [3.8, 4) is 0 Å². The lowest BCUT2D eigenvalue weighted by Gasteiger charge is -2.26. The maximum atomic E-state index is 13.2. The van der Waals surface area contributed by atoms with Crippen molar-refractivity contribution in [3.05, 3.63) is 75.9 Å². The molecule has 5 heteroatoms. The highest BCUT2D eigenvalue weighted by Gasteiger charge is 2.46. The fourth-order valence-electron chi connectivity index (χ4n) is 4.17. The summed E-state index contributed by atoms with van der Waals surface area (Å²) >= 11 is 0. The first-order valence-corrected chi connectivity index (χ1v) is 11.5. The number of carbonyl (C=O) groups is 2. The first-order valence-electron chi connectivity index (χ1n) is 11.5. The summed E-state index contributed by atoms with van der Waals surface area (Å²) in [5.41, 5.74) is 4.28. The van der Waals surface area contributed by atoms with E-state index in [-0.39, 0.29) is 29.4 Å². The Hall–Kier alpha value is -2.92. The molecule has 3 rings (SSSR count). The van der Waals surface area contributed by atoms with Gasteiger partial charge in [0.1, 0.15) is 5.76 Å². The van der Waals surface area contributed by atoms with Gasteiger partial charge in [-0.3, -0.25) is 9.59 Å². The quantitative estimate of drug-likeness (QED) is 0.362. The third kappa shape index (κ3) is 5.19. The third-order valence-corrected chi connectivity index (χ3v) is 6.04. The number of benzene rings is 2. The summed E-state index contributed by atoms with van der Waals surface area (Å²) in [6, 6.07) is 13.0. The van der Waals surface area contributed by atoms with Crippen molar-refractivity contribution in [2.75, 3.05) is 13.2 Å². The monoisotopic (exact) mass is 449 g/mol. The third-order valence-electron chi connectivity index (χ3n) is 6.04. The fourth-order valence-corrected chi connectivity index (χ4v) is 4.17. The molecule has 5 nitrogen and oxygen atoms in total. The normalized spacial score (nSPS) is 18.4.